The van der Waals surface area contributed by atoms with Crippen LogP contribution in [-0.2, 0) is 16.1 Å². The predicted molar refractivity (Wildman–Crippen MR) is 118 cm³/mol. The van der Waals surface area contributed by atoms with E-state index >= 15 is 0 Å². The number of fused-ring (bicyclic) bond motifs is 1. The van der Waals surface area contributed by atoms with Gasteiger partial charge in [0.15, 0.2) is 0 Å². The fourth-order valence-corrected chi connectivity index (χ4v) is 3.65. The van der Waals surface area contributed by atoms with Gasteiger partial charge in [0.1, 0.15) is 6.61 Å². The number of aromatic nitrogens is 3. The summed E-state index contributed by atoms with van der Waals surface area (Å²) in [6.45, 7) is 4.81. The predicted octanol–water partition coefficient (Wildman–Crippen LogP) is 4.35. The Morgan fingerprint density at radius 2 is 1.97 bits per heavy atom. The molecule has 0 spiro atoms. The molecule has 0 unspecified atom stereocenters. The minimum atomic E-state index is -0.183. The Morgan fingerprint density at radius 1 is 1.10 bits per heavy atom. The van der Waals surface area contributed by atoms with Gasteiger partial charge in [-0.15, -0.1) is 0 Å². The lowest BCUT2D eigenvalue weighted by atomic mass is 10.0. The smallest absolute Gasteiger partial charge is 0.250 e. The molecule has 0 aliphatic rings. The first-order chi connectivity index (χ1) is 14.5. The van der Waals surface area contributed by atoms with Gasteiger partial charge in [-0.05, 0) is 54.8 Å². The first-order valence-corrected chi connectivity index (χ1v) is 9.81. The van der Waals surface area contributed by atoms with E-state index in [-0.39, 0.29) is 12.5 Å². The molecular weight excluding hydrogens is 376 g/mol. The molecule has 0 atom stereocenters. The maximum absolute atomic E-state index is 12.0. The average molecular weight is 400 g/mol. The van der Waals surface area contributed by atoms with Gasteiger partial charge in [0.2, 0.25) is 5.91 Å². The molecule has 1 N–H and O–H groups in total. The minimum Gasteiger partial charge on any atom is -0.375 e. The van der Waals surface area contributed by atoms with Crippen LogP contribution in [0.25, 0.3) is 22.2 Å². The van der Waals surface area contributed by atoms with Crippen LogP contribution in [0.15, 0.2) is 60.9 Å². The van der Waals surface area contributed by atoms with E-state index in [1.807, 2.05) is 49.0 Å². The molecule has 4 rings (SSSR count). The summed E-state index contributed by atoms with van der Waals surface area (Å²) in [5.41, 5.74) is 6.88. The second-order valence-corrected chi connectivity index (χ2v) is 7.36. The topological polar surface area (TPSA) is 69.0 Å². The molecule has 0 radical (unpaired) electrons. The van der Waals surface area contributed by atoms with Gasteiger partial charge in [0.25, 0.3) is 0 Å². The van der Waals surface area contributed by atoms with E-state index in [0.29, 0.717) is 6.54 Å². The summed E-state index contributed by atoms with van der Waals surface area (Å²) >= 11 is 0. The zero-order valence-corrected chi connectivity index (χ0v) is 17.3. The molecule has 6 heteroatoms. The molecular formula is C24H24N4O2. The fourth-order valence-electron chi connectivity index (χ4n) is 3.65. The van der Waals surface area contributed by atoms with E-state index < -0.39 is 0 Å². The summed E-state index contributed by atoms with van der Waals surface area (Å²) < 4.78 is 6.83. The summed E-state index contributed by atoms with van der Waals surface area (Å²) in [6, 6.07) is 16.2. The molecule has 0 bridgehead atoms. The van der Waals surface area contributed by atoms with Crippen LogP contribution in [0.1, 0.15) is 16.7 Å². The van der Waals surface area contributed by atoms with Crippen LogP contribution in [-0.4, -0.2) is 34.4 Å². The largest absolute Gasteiger partial charge is 0.375 e. The molecule has 0 saturated carbocycles. The minimum absolute atomic E-state index is 0.0168. The van der Waals surface area contributed by atoms with E-state index in [0.717, 1.165) is 44.5 Å². The Bertz CT molecular complexity index is 1200. The highest BCUT2D eigenvalue weighted by molar-refractivity contribution is 6.04. The molecule has 0 saturated heterocycles. The Kier molecular flexibility index (Phi) is 5.59. The van der Waals surface area contributed by atoms with Gasteiger partial charge >= 0.3 is 0 Å². The highest BCUT2D eigenvalue weighted by Crippen LogP contribution is 2.32. The summed E-state index contributed by atoms with van der Waals surface area (Å²) in [7, 11) is 1.51. The van der Waals surface area contributed by atoms with Gasteiger partial charge in [-0.25, -0.2) is 4.98 Å². The van der Waals surface area contributed by atoms with Crippen molar-refractivity contribution in [2.24, 2.45) is 0 Å². The number of anilines is 1. The van der Waals surface area contributed by atoms with Crippen molar-refractivity contribution in [3.8, 4) is 11.3 Å². The molecule has 30 heavy (non-hydrogen) atoms. The number of rotatable bonds is 6. The monoisotopic (exact) mass is 400 g/mol. The van der Waals surface area contributed by atoms with Crippen LogP contribution in [0.2, 0.25) is 0 Å². The van der Waals surface area contributed by atoms with Crippen molar-refractivity contribution in [3.63, 3.8) is 0 Å². The van der Waals surface area contributed by atoms with E-state index in [4.69, 9.17) is 9.72 Å². The summed E-state index contributed by atoms with van der Waals surface area (Å²) in [4.78, 5) is 17.0. The molecule has 1 amide bonds. The quantitative estimate of drug-likeness (QED) is 0.522. The zero-order valence-electron chi connectivity index (χ0n) is 17.3. The van der Waals surface area contributed by atoms with E-state index in [1.54, 1.807) is 6.20 Å². The first-order valence-electron chi connectivity index (χ1n) is 9.81. The van der Waals surface area contributed by atoms with Gasteiger partial charge in [0, 0.05) is 30.5 Å². The number of pyridine rings is 1. The van der Waals surface area contributed by atoms with Crippen LogP contribution in [0.4, 0.5) is 5.69 Å². The maximum Gasteiger partial charge on any atom is 0.250 e. The standard InChI is InChI=1S/C24H24N4O2/c1-16-8-9-20(26-22(29)15-30-3)23-17(2)12-21(27-24(16)23)19-7-4-6-18(13-19)14-28-11-5-10-25-28/h4-13H,14-15H2,1-3H3,(H,26,29). The van der Waals surface area contributed by atoms with E-state index in [2.05, 4.69) is 34.7 Å². The lowest BCUT2D eigenvalue weighted by molar-refractivity contribution is -0.119. The van der Waals surface area contributed by atoms with Crippen molar-refractivity contribution >= 4 is 22.5 Å². The molecule has 2 heterocycles. The number of amides is 1. The lowest BCUT2D eigenvalue weighted by Crippen LogP contribution is -2.17. The maximum atomic E-state index is 12.0. The van der Waals surface area contributed by atoms with Gasteiger partial charge < -0.3 is 10.1 Å². The van der Waals surface area contributed by atoms with Crippen LogP contribution in [0.5, 0.6) is 0 Å². The van der Waals surface area contributed by atoms with Crippen LogP contribution < -0.4 is 5.32 Å². The van der Waals surface area contributed by atoms with Crippen molar-refractivity contribution in [1.29, 1.82) is 0 Å². The number of hydrogen-bond donors (Lipinski definition) is 1. The number of nitrogens with zero attached hydrogens (tertiary/aromatic N) is 3. The number of carbonyl (C=O) groups is 1. The third-order valence-electron chi connectivity index (χ3n) is 5.04. The van der Waals surface area contributed by atoms with Crippen molar-refractivity contribution in [2.75, 3.05) is 19.0 Å². The van der Waals surface area contributed by atoms with E-state index in [1.165, 1.54) is 7.11 Å². The number of hydrogen-bond acceptors (Lipinski definition) is 4. The van der Waals surface area contributed by atoms with Crippen LogP contribution in [0, 0.1) is 13.8 Å². The highest BCUT2D eigenvalue weighted by atomic mass is 16.5. The summed E-state index contributed by atoms with van der Waals surface area (Å²) in [6.07, 6.45) is 3.73. The second kappa shape index (κ2) is 8.47. The Balaban J connectivity index is 1.74. The summed E-state index contributed by atoms with van der Waals surface area (Å²) in [5, 5.41) is 8.17. The molecule has 0 aliphatic carbocycles. The normalized spacial score (nSPS) is 11.0. The number of benzene rings is 2. The lowest BCUT2D eigenvalue weighted by Gasteiger charge is -2.14. The average Bonchev–Trinajstić information content (AvgIpc) is 3.23. The van der Waals surface area contributed by atoms with Crippen molar-refractivity contribution < 1.29 is 9.53 Å². The number of nitrogens with one attached hydrogen (secondary N) is 1. The van der Waals surface area contributed by atoms with E-state index in [9.17, 15) is 4.79 Å². The Labute approximate surface area is 175 Å². The Morgan fingerprint density at radius 3 is 2.73 bits per heavy atom. The number of carbonyl (C=O) groups excluding carboxylic acids is 1. The molecule has 4 aromatic rings. The molecule has 2 aromatic carbocycles. The highest BCUT2D eigenvalue weighted by Gasteiger charge is 2.13. The van der Waals surface area contributed by atoms with Crippen LogP contribution >= 0.6 is 0 Å². The molecule has 0 aliphatic heterocycles. The van der Waals surface area contributed by atoms with Gasteiger partial charge in [-0.1, -0.05) is 24.3 Å². The van der Waals surface area contributed by atoms with Crippen molar-refractivity contribution in [1.82, 2.24) is 14.8 Å². The number of methoxy groups -OCH3 is 1. The van der Waals surface area contributed by atoms with Crippen LogP contribution in [0.3, 0.4) is 0 Å². The molecule has 0 fully saturated rings. The molecule has 6 nitrogen and oxygen atoms in total. The SMILES string of the molecule is COCC(=O)Nc1ccc(C)c2nc(-c3cccc(Cn4cccn4)c3)cc(C)c12. The second-order valence-electron chi connectivity index (χ2n) is 7.36. The summed E-state index contributed by atoms with van der Waals surface area (Å²) in [5.74, 6) is -0.183. The van der Waals surface area contributed by atoms with Crippen molar-refractivity contribution in [2.45, 2.75) is 20.4 Å². The fraction of sp³-hybridized carbons (Fsp3) is 0.208. The zero-order chi connectivity index (χ0) is 21.1. The molecule has 2 aromatic heterocycles. The van der Waals surface area contributed by atoms with Gasteiger partial charge in [0.05, 0.1) is 23.4 Å². The van der Waals surface area contributed by atoms with Crippen molar-refractivity contribution in [3.05, 3.63) is 77.6 Å². The van der Waals surface area contributed by atoms with Gasteiger partial charge in [-0.3, -0.25) is 9.48 Å². The van der Waals surface area contributed by atoms with Gasteiger partial charge in [-0.2, -0.15) is 5.10 Å². The Hall–Kier alpha value is -3.51. The third kappa shape index (κ3) is 4.09. The third-order valence-corrected chi connectivity index (χ3v) is 5.04. The number of aryl methyl sites for hydroxylation is 2. The molecule has 152 valence electrons. The number of ether oxygens (including phenoxy) is 1. The first kappa shape index (κ1) is 19.8.